The van der Waals surface area contributed by atoms with Gasteiger partial charge in [0.2, 0.25) is 11.8 Å². The van der Waals surface area contributed by atoms with Gasteiger partial charge in [-0.1, -0.05) is 56.8 Å². The number of nitrogens with zero attached hydrogens (tertiary/aromatic N) is 2. The molecule has 1 saturated carbocycles. The lowest BCUT2D eigenvalue weighted by atomic mass is 9.90. The molecule has 1 N–H and O–H groups in total. The summed E-state index contributed by atoms with van der Waals surface area (Å²) in [6, 6.07) is 6.75. The third-order valence-electron chi connectivity index (χ3n) is 6.63. The van der Waals surface area contributed by atoms with Crippen LogP contribution in [0.2, 0.25) is 5.02 Å². The van der Waals surface area contributed by atoms with E-state index in [1.807, 2.05) is 26.0 Å². The van der Waals surface area contributed by atoms with Gasteiger partial charge in [-0.3, -0.25) is 9.59 Å². The summed E-state index contributed by atoms with van der Waals surface area (Å²) in [5.74, 6) is -0.0746. The largest absolute Gasteiger partial charge is 0.444 e. The molecular weight excluding hydrogens is 466 g/mol. The molecule has 1 aromatic carbocycles. The first-order valence-corrected chi connectivity index (χ1v) is 13.2. The smallest absolute Gasteiger partial charge is 0.408 e. The summed E-state index contributed by atoms with van der Waals surface area (Å²) >= 11 is 6.01. The summed E-state index contributed by atoms with van der Waals surface area (Å²) in [6.07, 6.45) is 5.27. The SMILES string of the molecule is CC(C)C(=O)N(C1CCCCC1)C1CN(C(=O)[C@@H](Cc2ccc(Cl)cc2)NC(=O)OC(C)(C)C)C1. The van der Waals surface area contributed by atoms with Crippen LogP contribution in [0.25, 0.3) is 0 Å². The van der Waals surface area contributed by atoms with E-state index in [4.69, 9.17) is 16.3 Å². The zero-order valence-corrected chi connectivity index (χ0v) is 22.4. The van der Waals surface area contributed by atoms with Gasteiger partial charge in [-0.25, -0.2) is 4.79 Å². The minimum Gasteiger partial charge on any atom is -0.444 e. The molecule has 3 amide bonds. The highest BCUT2D eigenvalue weighted by Crippen LogP contribution is 2.29. The Kier molecular flexibility index (Phi) is 9.08. The number of hydrogen-bond acceptors (Lipinski definition) is 4. The van der Waals surface area contributed by atoms with Gasteiger partial charge in [0.25, 0.3) is 0 Å². The molecule has 7 nitrogen and oxygen atoms in total. The second kappa shape index (κ2) is 11.6. The maximum Gasteiger partial charge on any atom is 0.408 e. The van der Waals surface area contributed by atoms with Gasteiger partial charge in [0.05, 0.1) is 6.04 Å². The first-order valence-electron chi connectivity index (χ1n) is 12.8. The molecule has 0 unspecified atom stereocenters. The van der Waals surface area contributed by atoms with Crippen molar-refractivity contribution in [3.63, 3.8) is 0 Å². The molecule has 0 bridgehead atoms. The first-order chi connectivity index (χ1) is 16.4. The van der Waals surface area contributed by atoms with Crippen molar-refractivity contribution < 1.29 is 19.1 Å². The molecule has 194 valence electrons. The molecule has 3 rings (SSSR count). The van der Waals surface area contributed by atoms with E-state index in [1.54, 1.807) is 37.8 Å². The zero-order valence-electron chi connectivity index (χ0n) is 21.7. The first kappa shape index (κ1) is 27.3. The minimum atomic E-state index is -0.768. The lowest BCUT2D eigenvalue weighted by molar-refractivity contribution is -0.153. The second-order valence-electron chi connectivity index (χ2n) is 11.1. The van der Waals surface area contributed by atoms with Crippen molar-refractivity contribution in [3.8, 4) is 0 Å². The predicted molar refractivity (Wildman–Crippen MR) is 137 cm³/mol. The van der Waals surface area contributed by atoms with E-state index in [0.29, 0.717) is 24.5 Å². The molecule has 1 saturated heterocycles. The lowest BCUT2D eigenvalue weighted by Crippen LogP contribution is -2.67. The van der Waals surface area contributed by atoms with Crippen LogP contribution in [0.15, 0.2) is 24.3 Å². The Labute approximate surface area is 214 Å². The molecule has 1 aliphatic heterocycles. The van der Waals surface area contributed by atoms with E-state index >= 15 is 0 Å². The molecule has 0 spiro atoms. The molecule has 0 aromatic heterocycles. The molecule has 1 atom stereocenters. The number of halogens is 1. The van der Waals surface area contributed by atoms with Crippen LogP contribution in [-0.4, -0.2) is 64.5 Å². The van der Waals surface area contributed by atoms with Crippen molar-refractivity contribution in [2.45, 2.75) is 96.9 Å². The number of rotatable bonds is 7. The standard InChI is InChI=1S/C27H40ClN3O4/c1-18(2)24(32)31(21-9-7-6-8-10-21)22-16-30(17-22)25(33)23(29-26(34)35-27(3,4)5)15-19-11-13-20(28)14-12-19/h11-14,18,21-23H,6-10,15-17H2,1-5H3,(H,29,34)/t23-/m1/s1. The van der Waals surface area contributed by atoms with Crippen LogP contribution in [0, 0.1) is 5.92 Å². The van der Waals surface area contributed by atoms with Crippen molar-refractivity contribution in [2.24, 2.45) is 5.92 Å². The fourth-order valence-corrected chi connectivity index (χ4v) is 4.98. The van der Waals surface area contributed by atoms with E-state index in [1.165, 1.54) is 6.42 Å². The fourth-order valence-electron chi connectivity index (χ4n) is 4.85. The molecule has 1 heterocycles. The summed E-state index contributed by atoms with van der Waals surface area (Å²) in [7, 11) is 0. The minimum absolute atomic E-state index is 0.0228. The van der Waals surface area contributed by atoms with Crippen molar-refractivity contribution in [2.75, 3.05) is 13.1 Å². The van der Waals surface area contributed by atoms with Crippen LogP contribution in [-0.2, 0) is 20.7 Å². The van der Waals surface area contributed by atoms with Crippen LogP contribution in [0.3, 0.4) is 0 Å². The number of benzene rings is 1. The maximum atomic E-state index is 13.5. The van der Waals surface area contributed by atoms with Crippen LogP contribution in [0.4, 0.5) is 4.79 Å². The van der Waals surface area contributed by atoms with E-state index < -0.39 is 17.7 Å². The molecule has 1 aliphatic carbocycles. The summed E-state index contributed by atoms with van der Waals surface area (Å²) < 4.78 is 5.41. The highest BCUT2D eigenvalue weighted by Gasteiger charge is 2.42. The third-order valence-corrected chi connectivity index (χ3v) is 6.88. The van der Waals surface area contributed by atoms with E-state index in [9.17, 15) is 14.4 Å². The van der Waals surface area contributed by atoms with Gasteiger partial charge in [-0.2, -0.15) is 0 Å². The summed E-state index contributed by atoms with van der Waals surface area (Å²) in [5.41, 5.74) is 0.219. The van der Waals surface area contributed by atoms with Gasteiger partial charge in [-0.15, -0.1) is 0 Å². The number of hydrogen-bond donors (Lipinski definition) is 1. The van der Waals surface area contributed by atoms with Crippen LogP contribution >= 0.6 is 11.6 Å². The Morgan fingerprint density at radius 3 is 2.20 bits per heavy atom. The fraction of sp³-hybridized carbons (Fsp3) is 0.667. The van der Waals surface area contributed by atoms with Crippen LogP contribution in [0.1, 0.15) is 72.3 Å². The molecule has 2 aliphatic rings. The lowest BCUT2D eigenvalue weighted by Gasteiger charge is -2.50. The van der Waals surface area contributed by atoms with E-state index in [0.717, 1.165) is 31.2 Å². The Morgan fingerprint density at radius 2 is 1.66 bits per heavy atom. The summed E-state index contributed by atoms with van der Waals surface area (Å²) in [6.45, 7) is 10.2. The van der Waals surface area contributed by atoms with Crippen molar-refractivity contribution >= 4 is 29.5 Å². The Hall–Kier alpha value is -2.28. The number of alkyl carbamates (subject to hydrolysis) is 1. The van der Waals surface area contributed by atoms with E-state index in [-0.39, 0.29) is 29.8 Å². The average molecular weight is 506 g/mol. The highest BCUT2D eigenvalue weighted by atomic mass is 35.5. The molecule has 0 radical (unpaired) electrons. The number of carbonyl (C=O) groups is 3. The highest BCUT2D eigenvalue weighted by molar-refractivity contribution is 6.30. The molecule has 8 heteroatoms. The molecule has 1 aromatic rings. The Bertz CT molecular complexity index is 885. The maximum absolute atomic E-state index is 13.5. The predicted octanol–water partition coefficient (Wildman–Crippen LogP) is 4.80. The van der Waals surface area contributed by atoms with Crippen molar-refractivity contribution in [1.82, 2.24) is 15.1 Å². The van der Waals surface area contributed by atoms with Crippen LogP contribution in [0.5, 0.6) is 0 Å². The molecule has 35 heavy (non-hydrogen) atoms. The van der Waals surface area contributed by atoms with Crippen molar-refractivity contribution in [3.05, 3.63) is 34.9 Å². The summed E-state index contributed by atoms with van der Waals surface area (Å²) in [4.78, 5) is 42.9. The van der Waals surface area contributed by atoms with Gasteiger partial charge in [0.1, 0.15) is 11.6 Å². The normalized spacial score (nSPS) is 18.1. The summed E-state index contributed by atoms with van der Waals surface area (Å²) in [5, 5.41) is 3.38. The molecular formula is C27H40ClN3O4. The number of carbonyl (C=O) groups excluding carboxylic acids is 3. The average Bonchev–Trinajstić information content (AvgIpc) is 2.75. The Morgan fingerprint density at radius 1 is 1.06 bits per heavy atom. The van der Waals surface area contributed by atoms with Gasteiger partial charge in [-0.05, 0) is 51.3 Å². The third kappa shape index (κ3) is 7.60. The van der Waals surface area contributed by atoms with Gasteiger partial charge >= 0.3 is 6.09 Å². The molecule has 2 fully saturated rings. The van der Waals surface area contributed by atoms with Gasteiger partial charge < -0.3 is 19.9 Å². The number of amides is 3. The number of likely N-dealkylation sites (tertiary alicyclic amines) is 1. The quantitative estimate of drug-likeness (QED) is 0.577. The Balaban J connectivity index is 1.70. The van der Waals surface area contributed by atoms with E-state index in [2.05, 4.69) is 10.2 Å². The topological polar surface area (TPSA) is 79.0 Å². The monoisotopic (exact) mass is 505 g/mol. The number of nitrogens with one attached hydrogen (secondary N) is 1. The second-order valence-corrected chi connectivity index (χ2v) is 11.6. The zero-order chi connectivity index (χ0) is 25.8. The van der Waals surface area contributed by atoms with Gasteiger partial charge in [0, 0.05) is 36.5 Å². The number of ether oxygens (including phenoxy) is 1. The van der Waals surface area contributed by atoms with Crippen LogP contribution < -0.4 is 5.32 Å². The van der Waals surface area contributed by atoms with Gasteiger partial charge in [0.15, 0.2) is 0 Å². The van der Waals surface area contributed by atoms with Crippen molar-refractivity contribution in [1.29, 1.82) is 0 Å².